The fourth-order valence-corrected chi connectivity index (χ4v) is 3.38. The van der Waals surface area contributed by atoms with Gasteiger partial charge in [-0.3, -0.25) is 10.3 Å². The average Bonchev–Trinajstić information content (AvgIpc) is 2.79. The highest BCUT2D eigenvalue weighted by molar-refractivity contribution is 6.11. The summed E-state index contributed by atoms with van der Waals surface area (Å²) in [5, 5.41) is 17.6. The van der Waals surface area contributed by atoms with Crippen molar-refractivity contribution in [3.63, 3.8) is 0 Å². The second kappa shape index (κ2) is 6.41. The van der Waals surface area contributed by atoms with E-state index in [1.165, 1.54) is 11.0 Å². The lowest BCUT2D eigenvalue weighted by molar-refractivity contribution is -0.137. The van der Waals surface area contributed by atoms with Crippen molar-refractivity contribution in [1.29, 1.82) is 10.7 Å². The molecule has 2 aromatic carbocycles. The van der Waals surface area contributed by atoms with Crippen molar-refractivity contribution in [2.24, 2.45) is 0 Å². The Hall–Kier alpha value is -3.27. The summed E-state index contributed by atoms with van der Waals surface area (Å²) in [7, 11) is 0. The second-order valence-corrected chi connectivity index (χ2v) is 7.17. The van der Waals surface area contributed by atoms with Crippen molar-refractivity contribution < 1.29 is 13.2 Å². The van der Waals surface area contributed by atoms with E-state index >= 15 is 0 Å². The van der Waals surface area contributed by atoms with Crippen molar-refractivity contribution >= 4 is 17.2 Å². The lowest BCUT2D eigenvalue weighted by Crippen LogP contribution is -2.43. The lowest BCUT2D eigenvalue weighted by Gasteiger charge is -2.31. The van der Waals surface area contributed by atoms with Crippen LogP contribution in [0.5, 0.6) is 0 Å². The molecule has 1 fully saturated rings. The SMILES string of the molecule is C=C1N(c2ccc(C#N)c(C(F)(F)F)c2)C(=N)C(C)(C)N1c1ccc(C)cc1. The Labute approximate surface area is 161 Å². The third-order valence-corrected chi connectivity index (χ3v) is 4.86. The van der Waals surface area contributed by atoms with E-state index in [0.717, 1.165) is 23.4 Å². The molecule has 1 N–H and O–H groups in total. The molecule has 2 aromatic rings. The summed E-state index contributed by atoms with van der Waals surface area (Å²) in [5.41, 5.74) is -0.303. The Bertz CT molecular complexity index is 998. The molecule has 28 heavy (non-hydrogen) atoms. The number of nitrogens with one attached hydrogen (secondary N) is 1. The Morgan fingerprint density at radius 3 is 2.18 bits per heavy atom. The quantitative estimate of drug-likeness (QED) is 0.750. The molecule has 0 amide bonds. The van der Waals surface area contributed by atoms with Crippen molar-refractivity contribution in [3.8, 4) is 6.07 Å². The first kappa shape index (κ1) is 19.5. The number of aryl methyl sites for hydroxylation is 1. The summed E-state index contributed by atoms with van der Waals surface area (Å²) >= 11 is 0. The van der Waals surface area contributed by atoms with Crippen molar-refractivity contribution in [1.82, 2.24) is 0 Å². The predicted octanol–water partition coefficient (Wildman–Crippen LogP) is 5.44. The number of halogens is 3. The largest absolute Gasteiger partial charge is 0.417 e. The predicted molar refractivity (Wildman–Crippen MR) is 103 cm³/mol. The minimum atomic E-state index is -4.67. The number of amidine groups is 1. The van der Waals surface area contributed by atoms with E-state index in [0.29, 0.717) is 5.82 Å². The molecule has 0 aromatic heterocycles. The van der Waals surface area contributed by atoms with Gasteiger partial charge in [-0.05, 0) is 51.1 Å². The molecule has 0 bridgehead atoms. The van der Waals surface area contributed by atoms with E-state index in [-0.39, 0.29) is 11.5 Å². The van der Waals surface area contributed by atoms with Gasteiger partial charge in [-0.15, -0.1) is 0 Å². The molecular formula is C21H19F3N4. The zero-order valence-electron chi connectivity index (χ0n) is 15.7. The van der Waals surface area contributed by atoms with E-state index in [4.69, 9.17) is 10.7 Å². The summed E-state index contributed by atoms with van der Waals surface area (Å²) in [6.07, 6.45) is -4.67. The van der Waals surface area contributed by atoms with Gasteiger partial charge in [0.15, 0.2) is 0 Å². The fourth-order valence-electron chi connectivity index (χ4n) is 3.38. The molecule has 1 aliphatic heterocycles. The van der Waals surface area contributed by atoms with Crippen molar-refractivity contribution in [2.45, 2.75) is 32.5 Å². The first-order valence-corrected chi connectivity index (χ1v) is 8.55. The molecular weight excluding hydrogens is 365 g/mol. The topological polar surface area (TPSA) is 54.1 Å². The highest BCUT2D eigenvalue weighted by atomic mass is 19.4. The zero-order chi connectivity index (χ0) is 20.9. The number of nitriles is 1. The summed E-state index contributed by atoms with van der Waals surface area (Å²) in [5.74, 6) is 0.465. The smallest absolute Gasteiger partial charge is 0.315 e. The Morgan fingerprint density at radius 2 is 1.64 bits per heavy atom. The number of alkyl halides is 3. The number of benzene rings is 2. The second-order valence-electron chi connectivity index (χ2n) is 7.17. The normalized spacial score (nSPS) is 16.5. The lowest BCUT2D eigenvalue weighted by atomic mass is 10.0. The Balaban J connectivity index is 2.11. The summed E-state index contributed by atoms with van der Waals surface area (Å²) < 4.78 is 40.1. The minimum absolute atomic E-state index is 0.0934. The number of hydrogen-bond acceptors (Lipinski definition) is 3. The third-order valence-electron chi connectivity index (χ3n) is 4.86. The number of anilines is 2. The van der Waals surface area contributed by atoms with Crippen LogP contribution in [-0.4, -0.2) is 11.4 Å². The monoisotopic (exact) mass is 384 g/mol. The van der Waals surface area contributed by atoms with E-state index < -0.39 is 22.8 Å². The van der Waals surface area contributed by atoms with Gasteiger partial charge in [-0.2, -0.15) is 18.4 Å². The average molecular weight is 384 g/mol. The maximum atomic E-state index is 13.4. The van der Waals surface area contributed by atoms with Gasteiger partial charge in [0.1, 0.15) is 11.7 Å². The molecule has 4 nitrogen and oxygen atoms in total. The minimum Gasteiger partial charge on any atom is -0.315 e. The van der Waals surface area contributed by atoms with Gasteiger partial charge in [-0.1, -0.05) is 24.3 Å². The third kappa shape index (κ3) is 3.01. The van der Waals surface area contributed by atoms with Crippen LogP contribution in [0.25, 0.3) is 0 Å². The van der Waals surface area contributed by atoms with Gasteiger partial charge in [0.25, 0.3) is 0 Å². The first-order chi connectivity index (χ1) is 13.0. The van der Waals surface area contributed by atoms with E-state index in [9.17, 15) is 13.2 Å². The molecule has 0 unspecified atom stereocenters. The van der Waals surface area contributed by atoms with Crippen LogP contribution in [0.1, 0.15) is 30.5 Å². The number of hydrogen-bond donors (Lipinski definition) is 1. The van der Waals surface area contributed by atoms with Gasteiger partial charge >= 0.3 is 6.18 Å². The molecule has 144 valence electrons. The standard InChI is InChI=1S/C21H19F3N4/c1-13-5-8-16(9-6-13)28-14(2)27(19(26)20(28,3)4)17-10-7-15(12-25)18(11-17)21(22,23)24/h5-11,26H,2H2,1,3-4H3. The molecule has 0 atom stereocenters. The van der Waals surface area contributed by atoms with Crippen LogP contribution in [0.4, 0.5) is 24.5 Å². The summed E-state index contributed by atoms with van der Waals surface area (Å²) in [6.45, 7) is 9.62. The summed E-state index contributed by atoms with van der Waals surface area (Å²) in [4.78, 5) is 3.20. The van der Waals surface area contributed by atoms with Gasteiger partial charge in [0, 0.05) is 11.4 Å². The Morgan fingerprint density at radius 1 is 1.07 bits per heavy atom. The van der Waals surface area contributed by atoms with E-state index in [2.05, 4.69) is 6.58 Å². The molecule has 3 rings (SSSR count). The highest BCUT2D eigenvalue weighted by Gasteiger charge is 2.46. The Kier molecular flexibility index (Phi) is 4.46. The van der Waals surface area contributed by atoms with Gasteiger partial charge < -0.3 is 4.90 Å². The number of rotatable bonds is 2. The first-order valence-electron chi connectivity index (χ1n) is 8.55. The van der Waals surface area contributed by atoms with Crippen molar-refractivity contribution in [3.05, 3.63) is 71.6 Å². The van der Waals surface area contributed by atoms with Crippen LogP contribution in [-0.2, 0) is 6.18 Å². The van der Waals surface area contributed by atoms with Crippen molar-refractivity contribution in [2.75, 3.05) is 9.80 Å². The molecule has 0 saturated carbocycles. The van der Waals surface area contributed by atoms with Crippen LogP contribution in [0.2, 0.25) is 0 Å². The molecule has 1 saturated heterocycles. The highest BCUT2D eigenvalue weighted by Crippen LogP contribution is 2.42. The molecule has 0 radical (unpaired) electrons. The van der Waals surface area contributed by atoms with Gasteiger partial charge in [-0.25, -0.2) is 0 Å². The zero-order valence-corrected chi connectivity index (χ0v) is 15.7. The van der Waals surface area contributed by atoms with Crippen LogP contribution in [0.15, 0.2) is 54.9 Å². The molecule has 1 heterocycles. The molecule has 1 aliphatic rings. The van der Waals surface area contributed by atoms with Gasteiger partial charge in [0.2, 0.25) is 0 Å². The fraction of sp³-hybridized carbons (Fsp3) is 0.238. The summed E-state index contributed by atoms with van der Waals surface area (Å²) in [6, 6.07) is 12.6. The maximum Gasteiger partial charge on any atom is 0.417 e. The van der Waals surface area contributed by atoms with Crippen LogP contribution >= 0.6 is 0 Å². The van der Waals surface area contributed by atoms with Gasteiger partial charge in [0.05, 0.1) is 22.7 Å². The molecule has 0 aliphatic carbocycles. The van der Waals surface area contributed by atoms with E-state index in [1.54, 1.807) is 6.07 Å². The number of nitrogens with zero attached hydrogens (tertiary/aromatic N) is 3. The van der Waals surface area contributed by atoms with Crippen LogP contribution in [0.3, 0.4) is 0 Å². The molecule has 0 spiro atoms. The van der Waals surface area contributed by atoms with Crippen LogP contribution in [0, 0.1) is 23.7 Å². The van der Waals surface area contributed by atoms with E-state index in [1.807, 2.05) is 49.9 Å². The maximum absolute atomic E-state index is 13.4. The molecule has 7 heteroatoms. The van der Waals surface area contributed by atoms with Crippen LogP contribution < -0.4 is 9.80 Å².